The Hall–Kier alpha value is -1.19. The summed E-state index contributed by atoms with van der Waals surface area (Å²) in [5.74, 6) is 0. The first-order chi connectivity index (χ1) is 8.74. The lowest BCUT2D eigenvalue weighted by atomic mass is 10.0. The summed E-state index contributed by atoms with van der Waals surface area (Å²) in [5.41, 5.74) is 3.93. The molecule has 3 rings (SSSR count). The van der Waals surface area contributed by atoms with Gasteiger partial charge < -0.3 is 5.32 Å². The number of benzene rings is 1. The molecule has 3 heteroatoms. The van der Waals surface area contributed by atoms with Gasteiger partial charge in [0.1, 0.15) is 5.01 Å². The zero-order chi connectivity index (χ0) is 12.5. The predicted molar refractivity (Wildman–Crippen MR) is 76.9 cm³/mol. The van der Waals surface area contributed by atoms with E-state index in [1.54, 1.807) is 0 Å². The van der Waals surface area contributed by atoms with Crippen LogP contribution in [0.15, 0.2) is 24.4 Å². The third-order valence-corrected chi connectivity index (χ3v) is 4.41. The van der Waals surface area contributed by atoms with Gasteiger partial charge in [0, 0.05) is 29.2 Å². The van der Waals surface area contributed by atoms with Crippen LogP contribution in [0.25, 0.3) is 10.6 Å². The van der Waals surface area contributed by atoms with Gasteiger partial charge in [-0.2, -0.15) is 0 Å². The summed E-state index contributed by atoms with van der Waals surface area (Å²) in [6.45, 7) is 5.28. The smallest absolute Gasteiger partial charge is 0.124 e. The molecule has 1 aliphatic rings. The fourth-order valence-electron chi connectivity index (χ4n) is 2.19. The molecule has 0 unspecified atom stereocenters. The van der Waals surface area contributed by atoms with Gasteiger partial charge in [0.15, 0.2) is 0 Å². The van der Waals surface area contributed by atoms with Crippen molar-refractivity contribution in [3.63, 3.8) is 0 Å². The van der Waals surface area contributed by atoms with Crippen LogP contribution in [0.3, 0.4) is 0 Å². The minimum absolute atomic E-state index is 0.760. The van der Waals surface area contributed by atoms with Crippen LogP contribution >= 0.6 is 11.3 Å². The van der Waals surface area contributed by atoms with Crippen LogP contribution < -0.4 is 5.32 Å². The highest BCUT2D eigenvalue weighted by atomic mass is 32.1. The van der Waals surface area contributed by atoms with Gasteiger partial charge in [0.2, 0.25) is 0 Å². The minimum atomic E-state index is 0.760. The number of aromatic nitrogens is 1. The Morgan fingerprint density at radius 2 is 2.00 bits per heavy atom. The second-order valence-electron chi connectivity index (χ2n) is 5.05. The molecule has 2 nitrogen and oxygen atoms in total. The highest BCUT2D eigenvalue weighted by molar-refractivity contribution is 7.15. The van der Waals surface area contributed by atoms with E-state index in [1.807, 2.05) is 17.5 Å². The second-order valence-corrected chi connectivity index (χ2v) is 6.17. The number of hydrogen-bond acceptors (Lipinski definition) is 3. The van der Waals surface area contributed by atoms with Crippen molar-refractivity contribution >= 4 is 11.3 Å². The average molecular weight is 258 g/mol. The summed E-state index contributed by atoms with van der Waals surface area (Å²) in [6, 6.07) is 7.19. The Balaban J connectivity index is 1.83. The van der Waals surface area contributed by atoms with Crippen molar-refractivity contribution in [1.82, 2.24) is 10.3 Å². The van der Waals surface area contributed by atoms with Crippen molar-refractivity contribution < 1.29 is 0 Å². The number of rotatable bonds is 4. The zero-order valence-electron chi connectivity index (χ0n) is 10.9. The number of thiazole rings is 1. The van der Waals surface area contributed by atoms with E-state index in [2.05, 4.69) is 42.3 Å². The van der Waals surface area contributed by atoms with Crippen LogP contribution in [0.5, 0.6) is 0 Å². The van der Waals surface area contributed by atoms with E-state index in [-0.39, 0.29) is 0 Å². The number of aryl methyl sites for hydroxylation is 2. The molecule has 0 amide bonds. The van der Waals surface area contributed by atoms with Gasteiger partial charge in [-0.05, 0) is 37.8 Å². The van der Waals surface area contributed by atoms with Crippen LogP contribution in [0.1, 0.15) is 28.8 Å². The molecule has 0 saturated heterocycles. The molecule has 1 heterocycles. The van der Waals surface area contributed by atoms with E-state index in [0.717, 1.165) is 17.6 Å². The molecule has 0 aliphatic heterocycles. The lowest BCUT2D eigenvalue weighted by Crippen LogP contribution is -2.14. The number of hydrogen-bond donors (Lipinski definition) is 1. The minimum Gasteiger partial charge on any atom is -0.309 e. The summed E-state index contributed by atoms with van der Waals surface area (Å²) >= 11 is 1.81. The van der Waals surface area contributed by atoms with E-state index in [4.69, 9.17) is 0 Å². The van der Waals surface area contributed by atoms with E-state index in [9.17, 15) is 0 Å². The fraction of sp³-hybridized carbons (Fsp3) is 0.400. The molecular formula is C15H18N2S. The van der Waals surface area contributed by atoms with Gasteiger partial charge >= 0.3 is 0 Å². The quantitative estimate of drug-likeness (QED) is 0.905. The van der Waals surface area contributed by atoms with E-state index >= 15 is 0 Å². The molecule has 1 aliphatic carbocycles. The molecule has 1 aromatic heterocycles. The van der Waals surface area contributed by atoms with Crippen molar-refractivity contribution in [1.29, 1.82) is 0 Å². The molecule has 2 aromatic rings. The van der Waals surface area contributed by atoms with Crippen LogP contribution in [0.2, 0.25) is 0 Å². The number of nitrogens with zero attached hydrogens (tertiary/aromatic N) is 1. The van der Waals surface area contributed by atoms with E-state index < -0.39 is 0 Å². The molecular weight excluding hydrogens is 240 g/mol. The van der Waals surface area contributed by atoms with Crippen LogP contribution in [-0.4, -0.2) is 11.0 Å². The molecule has 0 bridgehead atoms. The molecule has 1 N–H and O–H groups in total. The molecule has 0 atom stereocenters. The first kappa shape index (κ1) is 11.9. The lowest BCUT2D eigenvalue weighted by Gasteiger charge is -2.05. The average Bonchev–Trinajstić information content (AvgIpc) is 3.06. The molecule has 0 spiro atoms. The van der Waals surface area contributed by atoms with Crippen molar-refractivity contribution in [3.8, 4) is 10.6 Å². The Bertz CT molecular complexity index is 535. The molecule has 18 heavy (non-hydrogen) atoms. The van der Waals surface area contributed by atoms with Gasteiger partial charge in [0.05, 0.1) is 0 Å². The third-order valence-electron chi connectivity index (χ3n) is 3.39. The zero-order valence-corrected chi connectivity index (χ0v) is 11.7. The van der Waals surface area contributed by atoms with Crippen LogP contribution in [-0.2, 0) is 6.54 Å². The maximum Gasteiger partial charge on any atom is 0.124 e. The summed E-state index contributed by atoms with van der Waals surface area (Å²) in [5, 5.41) is 4.69. The van der Waals surface area contributed by atoms with Crippen LogP contribution in [0, 0.1) is 13.8 Å². The second kappa shape index (κ2) is 4.82. The topological polar surface area (TPSA) is 24.9 Å². The van der Waals surface area contributed by atoms with Gasteiger partial charge in [-0.3, -0.25) is 0 Å². The highest BCUT2D eigenvalue weighted by Gasteiger charge is 2.20. The summed E-state index contributed by atoms with van der Waals surface area (Å²) in [7, 11) is 0. The maximum atomic E-state index is 4.58. The lowest BCUT2D eigenvalue weighted by molar-refractivity contribution is 0.694. The SMILES string of the molecule is Cc1cccc(C)c1-c1ncc(CNC2CC2)s1. The third kappa shape index (κ3) is 2.47. The standard InChI is InChI=1S/C15H18N2S/c1-10-4-3-5-11(2)14(10)15-17-9-13(18-15)8-16-12-6-7-12/h3-5,9,12,16H,6-8H2,1-2H3. The Morgan fingerprint density at radius 1 is 1.28 bits per heavy atom. The molecule has 1 fully saturated rings. The normalized spacial score (nSPS) is 15.0. The van der Waals surface area contributed by atoms with Crippen molar-refractivity contribution in [2.45, 2.75) is 39.3 Å². The van der Waals surface area contributed by atoms with Gasteiger partial charge in [-0.25, -0.2) is 4.98 Å². The van der Waals surface area contributed by atoms with E-state index in [0.29, 0.717) is 0 Å². The first-order valence-corrected chi connectivity index (χ1v) is 7.30. The van der Waals surface area contributed by atoms with Crippen LogP contribution in [0.4, 0.5) is 0 Å². The molecule has 1 saturated carbocycles. The monoisotopic (exact) mass is 258 g/mol. The summed E-state index contributed by atoms with van der Waals surface area (Å²) in [6.07, 6.45) is 4.69. The predicted octanol–water partition coefficient (Wildman–Crippen LogP) is 3.68. The van der Waals surface area contributed by atoms with Crippen molar-refractivity contribution in [3.05, 3.63) is 40.4 Å². The first-order valence-electron chi connectivity index (χ1n) is 6.49. The summed E-state index contributed by atoms with van der Waals surface area (Å²) in [4.78, 5) is 5.92. The van der Waals surface area contributed by atoms with Gasteiger partial charge in [-0.15, -0.1) is 11.3 Å². The Morgan fingerprint density at radius 3 is 2.67 bits per heavy atom. The Labute approximate surface area is 112 Å². The van der Waals surface area contributed by atoms with Crippen molar-refractivity contribution in [2.75, 3.05) is 0 Å². The maximum absolute atomic E-state index is 4.58. The fourth-order valence-corrected chi connectivity index (χ4v) is 3.23. The van der Waals surface area contributed by atoms with Gasteiger partial charge in [0.25, 0.3) is 0 Å². The molecule has 1 aromatic carbocycles. The summed E-state index contributed by atoms with van der Waals surface area (Å²) < 4.78 is 0. The van der Waals surface area contributed by atoms with E-state index in [1.165, 1.54) is 34.4 Å². The molecule has 94 valence electrons. The Kier molecular flexibility index (Phi) is 3.18. The van der Waals surface area contributed by atoms with Crippen molar-refractivity contribution in [2.24, 2.45) is 0 Å². The van der Waals surface area contributed by atoms with Gasteiger partial charge in [-0.1, -0.05) is 18.2 Å². The highest BCUT2D eigenvalue weighted by Crippen LogP contribution is 2.31. The number of nitrogens with one attached hydrogen (secondary N) is 1. The largest absolute Gasteiger partial charge is 0.309 e. The molecule has 0 radical (unpaired) electrons.